The van der Waals surface area contributed by atoms with Crippen LogP contribution in [0.25, 0.3) is 0 Å². The Bertz CT molecular complexity index is 649. The number of urea groups is 1. The molecule has 0 radical (unpaired) electrons. The lowest BCUT2D eigenvalue weighted by molar-refractivity contribution is 0.103. The van der Waals surface area contributed by atoms with E-state index in [1.165, 1.54) is 81.9 Å². The van der Waals surface area contributed by atoms with Crippen LogP contribution in [0, 0.1) is 5.82 Å². The molecule has 3 aliphatic rings. The fraction of sp³-hybridized carbons (Fsp3) is 0.720. The average Bonchev–Trinajstić information content (AvgIpc) is 3.22. The Morgan fingerprint density at radius 1 is 0.933 bits per heavy atom. The lowest BCUT2D eigenvalue weighted by atomic mass is 9.89. The third-order valence-corrected chi connectivity index (χ3v) is 7.40. The highest BCUT2D eigenvalue weighted by atomic mass is 19.1. The Hall–Kier alpha value is -1.62. The summed E-state index contributed by atoms with van der Waals surface area (Å²) in [6, 6.07) is 8.14. The molecule has 2 amide bonds. The molecule has 1 atom stereocenters. The first kappa shape index (κ1) is 21.6. The van der Waals surface area contributed by atoms with Gasteiger partial charge < -0.3 is 15.1 Å². The van der Waals surface area contributed by atoms with Gasteiger partial charge in [0.15, 0.2) is 0 Å². The van der Waals surface area contributed by atoms with Gasteiger partial charge in [0.1, 0.15) is 5.82 Å². The molecule has 1 saturated heterocycles. The minimum atomic E-state index is -0.178. The molecule has 0 unspecified atom stereocenters. The average molecular weight is 416 g/mol. The fourth-order valence-corrected chi connectivity index (χ4v) is 5.69. The molecule has 0 bridgehead atoms. The van der Waals surface area contributed by atoms with Crippen LogP contribution >= 0.6 is 0 Å². The van der Waals surface area contributed by atoms with Crippen LogP contribution in [0.5, 0.6) is 0 Å². The molecule has 2 aliphatic carbocycles. The number of rotatable bonds is 6. The molecule has 1 aliphatic heterocycles. The van der Waals surface area contributed by atoms with Gasteiger partial charge in [-0.05, 0) is 56.2 Å². The van der Waals surface area contributed by atoms with Gasteiger partial charge in [0, 0.05) is 37.8 Å². The minimum absolute atomic E-state index is 0.178. The van der Waals surface area contributed by atoms with Gasteiger partial charge >= 0.3 is 6.03 Å². The molecular weight excluding hydrogens is 377 g/mol. The summed E-state index contributed by atoms with van der Waals surface area (Å²) in [6.45, 7) is 2.92. The van der Waals surface area contributed by atoms with Crippen LogP contribution in [0.4, 0.5) is 9.18 Å². The Labute approximate surface area is 181 Å². The van der Waals surface area contributed by atoms with Gasteiger partial charge in [0.2, 0.25) is 0 Å². The summed E-state index contributed by atoms with van der Waals surface area (Å²) in [5.74, 6) is -0.178. The number of carbonyl (C=O) groups is 1. The standard InChI is InChI=1S/C25H38FN3O/c26-21-13-11-20(12-14-21)15-17-28-18-16-22(19-28)27-25(30)29(23-7-3-1-4-8-23)24-9-5-2-6-10-24/h11-14,22-24H,1-10,15-19H2,(H,27,30)/t22-/m0/s1. The number of amides is 2. The van der Waals surface area contributed by atoms with E-state index in [1.54, 1.807) is 0 Å². The highest BCUT2D eigenvalue weighted by molar-refractivity contribution is 5.75. The first-order valence-corrected chi connectivity index (χ1v) is 12.2. The van der Waals surface area contributed by atoms with E-state index in [4.69, 9.17) is 0 Å². The molecule has 30 heavy (non-hydrogen) atoms. The Kier molecular flexibility index (Phi) is 7.64. The first-order chi connectivity index (χ1) is 14.7. The van der Waals surface area contributed by atoms with Crippen LogP contribution in [-0.4, -0.2) is 53.6 Å². The van der Waals surface area contributed by atoms with Crippen molar-refractivity contribution in [2.45, 2.75) is 95.2 Å². The van der Waals surface area contributed by atoms with Crippen molar-refractivity contribution in [1.82, 2.24) is 15.1 Å². The fourth-order valence-electron chi connectivity index (χ4n) is 5.69. The van der Waals surface area contributed by atoms with Crippen LogP contribution in [0.15, 0.2) is 24.3 Å². The summed E-state index contributed by atoms with van der Waals surface area (Å²) < 4.78 is 13.1. The topological polar surface area (TPSA) is 35.6 Å². The van der Waals surface area contributed by atoms with Crippen LogP contribution in [0.1, 0.15) is 76.2 Å². The number of benzene rings is 1. The normalized spacial score (nSPS) is 24.1. The van der Waals surface area contributed by atoms with Crippen LogP contribution in [-0.2, 0) is 6.42 Å². The van der Waals surface area contributed by atoms with Gasteiger partial charge in [-0.3, -0.25) is 0 Å². The van der Waals surface area contributed by atoms with Gasteiger partial charge in [0.25, 0.3) is 0 Å². The number of likely N-dealkylation sites (tertiary alicyclic amines) is 1. The zero-order valence-electron chi connectivity index (χ0n) is 18.3. The maximum atomic E-state index is 13.4. The molecule has 2 saturated carbocycles. The summed E-state index contributed by atoms with van der Waals surface area (Å²) in [5.41, 5.74) is 1.17. The van der Waals surface area contributed by atoms with Crippen molar-refractivity contribution < 1.29 is 9.18 Å². The van der Waals surface area contributed by atoms with Crippen LogP contribution in [0.3, 0.4) is 0 Å². The van der Waals surface area contributed by atoms with Crippen LogP contribution < -0.4 is 5.32 Å². The molecule has 4 rings (SSSR count). The van der Waals surface area contributed by atoms with Crippen molar-refractivity contribution >= 4 is 6.03 Å². The molecule has 1 N–H and O–H groups in total. The van der Waals surface area contributed by atoms with E-state index in [1.807, 2.05) is 12.1 Å². The van der Waals surface area contributed by atoms with Crippen molar-refractivity contribution in [3.8, 4) is 0 Å². The van der Waals surface area contributed by atoms with E-state index >= 15 is 0 Å². The largest absolute Gasteiger partial charge is 0.334 e. The Balaban J connectivity index is 1.29. The lowest BCUT2D eigenvalue weighted by Gasteiger charge is -2.42. The number of nitrogens with zero attached hydrogens (tertiary/aromatic N) is 2. The minimum Gasteiger partial charge on any atom is -0.334 e. The second kappa shape index (κ2) is 10.6. The monoisotopic (exact) mass is 415 g/mol. The van der Waals surface area contributed by atoms with E-state index in [9.17, 15) is 9.18 Å². The third kappa shape index (κ3) is 5.75. The van der Waals surface area contributed by atoms with E-state index in [-0.39, 0.29) is 17.9 Å². The molecule has 4 nitrogen and oxygen atoms in total. The van der Waals surface area contributed by atoms with E-state index in [2.05, 4.69) is 15.1 Å². The van der Waals surface area contributed by atoms with Crippen molar-refractivity contribution in [2.24, 2.45) is 0 Å². The predicted octanol–water partition coefficient (Wildman–Crippen LogP) is 5.12. The summed E-state index contributed by atoms with van der Waals surface area (Å²) in [5, 5.41) is 3.40. The SMILES string of the molecule is O=C(N[C@H]1CCN(CCc2ccc(F)cc2)C1)N(C1CCCCC1)C1CCCCC1. The summed E-state index contributed by atoms with van der Waals surface area (Å²) in [6.07, 6.45) is 14.4. The molecule has 1 aromatic carbocycles. The molecule has 166 valence electrons. The number of hydrogen-bond acceptors (Lipinski definition) is 2. The van der Waals surface area contributed by atoms with E-state index in [0.29, 0.717) is 12.1 Å². The van der Waals surface area contributed by atoms with Gasteiger partial charge in [-0.25, -0.2) is 9.18 Å². The smallest absolute Gasteiger partial charge is 0.318 e. The maximum absolute atomic E-state index is 13.4. The van der Waals surface area contributed by atoms with E-state index < -0.39 is 0 Å². The number of carbonyl (C=O) groups excluding carboxylic acids is 1. The van der Waals surface area contributed by atoms with Gasteiger partial charge in [0.05, 0.1) is 0 Å². The van der Waals surface area contributed by atoms with Crippen molar-refractivity contribution in [3.63, 3.8) is 0 Å². The van der Waals surface area contributed by atoms with Crippen molar-refractivity contribution in [3.05, 3.63) is 35.6 Å². The second-order valence-corrected chi connectivity index (χ2v) is 9.60. The van der Waals surface area contributed by atoms with Gasteiger partial charge in [-0.15, -0.1) is 0 Å². The zero-order valence-corrected chi connectivity index (χ0v) is 18.3. The third-order valence-electron chi connectivity index (χ3n) is 7.40. The Morgan fingerprint density at radius 3 is 2.13 bits per heavy atom. The van der Waals surface area contributed by atoms with Crippen molar-refractivity contribution in [1.29, 1.82) is 0 Å². The lowest BCUT2D eigenvalue weighted by Crippen LogP contribution is -2.55. The number of halogens is 1. The Morgan fingerprint density at radius 2 is 1.53 bits per heavy atom. The van der Waals surface area contributed by atoms with Gasteiger partial charge in [-0.2, -0.15) is 0 Å². The molecule has 5 heteroatoms. The molecule has 1 aromatic rings. The zero-order chi connectivity index (χ0) is 20.8. The molecule has 0 aromatic heterocycles. The molecule has 3 fully saturated rings. The van der Waals surface area contributed by atoms with Crippen molar-refractivity contribution in [2.75, 3.05) is 19.6 Å². The summed E-state index contributed by atoms with van der Waals surface area (Å²) >= 11 is 0. The van der Waals surface area contributed by atoms with E-state index in [0.717, 1.165) is 32.5 Å². The quantitative estimate of drug-likeness (QED) is 0.700. The second-order valence-electron chi connectivity index (χ2n) is 9.60. The predicted molar refractivity (Wildman–Crippen MR) is 119 cm³/mol. The maximum Gasteiger partial charge on any atom is 0.318 e. The molecule has 0 spiro atoms. The first-order valence-electron chi connectivity index (χ1n) is 12.2. The number of hydrogen-bond donors (Lipinski definition) is 1. The molecule has 1 heterocycles. The van der Waals surface area contributed by atoms with Crippen LogP contribution in [0.2, 0.25) is 0 Å². The highest BCUT2D eigenvalue weighted by Crippen LogP contribution is 2.30. The van der Waals surface area contributed by atoms with Gasteiger partial charge in [-0.1, -0.05) is 50.7 Å². The summed E-state index contributed by atoms with van der Waals surface area (Å²) in [4.78, 5) is 18.1. The number of nitrogens with one attached hydrogen (secondary N) is 1. The molecular formula is C25H38FN3O. The summed E-state index contributed by atoms with van der Waals surface area (Å²) in [7, 11) is 0. The highest BCUT2D eigenvalue weighted by Gasteiger charge is 2.34.